The Kier molecular flexibility index (Phi) is 20.6. The van der Waals surface area contributed by atoms with E-state index in [9.17, 15) is 14.0 Å². The highest BCUT2D eigenvalue weighted by atomic mass is 19.4. The number of nitriles is 1. The monoisotopic (exact) mass is 1690 g/mol. The van der Waals surface area contributed by atoms with Crippen molar-refractivity contribution < 1.29 is 57.1 Å². The second-order valence-corrected chi connectivity index (χ2v) is 35.3. The van der Waals surface area contributed by atoms with E-state index < -0.39 is 92.3 Å². The fourth-order valence-electron chi connectivity index (χ4n) is 20.9. The molecule has 12 aromatic carbocycles. The molecule has 0 amide bonds. The van der Waals surface area contributed by atoms with Gasteiger partial charge in [0.2, 0.25) is 11.6 Å². The van der Waals surface area contributed by atoms with Gasteiger partial charge in [-0.2, -0.15) is 18.4 Å². The summed E-state index contributed by atoms with van der Waals surface area (Å²) in [6.45, 7) is 63.5. The number of nitrogens with zero attached hydrogens (tertiary/aromatic N) is 5. The van der Waals surface area contributed by atoms with Crippen molar-refractivity contribution in [2.75, 3.05) is 0 Å². The predicted octanol–water partition coefficient (Wildman–Crippen LogP) is 31.2. The van der Waals surface area contributed by atoms with Gasteiger partial charge in [0.1, 0.15) is 17.2 Å². The Labute approximate surface area is 714 Å². The fourth-order valence-corrected chi connectivity index (χ4v) is 20.9. The molecule has 0 aliphatic rings. The lowest BCUT2D eigenvalue weighted by atomic mass is 9.90. The van der Waals surface area contributed by atoms with E-state index in [0.29, 0.717) is 60.7 Å². The number of alkyl halides is 3. The molecule has 18 heteroatoms. The molecular formula is C106H100F13N5. The standard InChI is InChI=1S/C53H50F8N2.C53H50F5N3/c1-19-23(5)31(13)48-37(27(19)9)38-28(10)20(2)24(6)32(14)49(38)62(48)36-18-17-35(41-43(54)45(56)47(58)46(57)44(41)55)52(42(36)53(59,60)61)63-50-33(15)25(7)21(3)29(11)39(50)40-30(12)22(4)26(8)34(16)51(40)63;1-20-24(5)32(13)49-39(28(20)9)40-29(10)21(2)25(6)33(14)50(40)60(49)38-18-17-36(43-44(54)46(56)48(58)47(57)45(43)55)53(37(38)19-59)61-51-34(15)26(7)22(3)30(11)41(51)42-31(12)23(4)27(8)35(16)52(42)61/h17-18H,1-16H3;17-18H,1-16H3. The van der Waals surface area contributed by atoms with E-state index in [1.165, 1.54) is 10.6 Å². The van der Waals surface area contributed by atoms with E-state index >= 15 is 48.3 Å². The quantitative estimate of drug-likeness (QED) is 0.0929. The first kappa shape index (κ1) is 87.3. The number of halogens is 13. The number of aryl methyl sites for hydroxylation is 16. The molecule has 0 atom stereocenters. The second kappa shape index (κ2) is 29.3. The Morgan fingerprint density at radius 3 is 0.589 bits per heavy atom. The predicted molar refractivity (Wildman–Crippen MR) is 482 cm³/mol. The maximum absolute atomic E-state index is 17.1. The Bertz CT molecular complexity index is 7390. The Balaban J connectivity index is 0.000000192. The van der Waals surface area contributed by atoms with Gasteiger partial charge in [0.25, 0.3) is 0 Å². The first-order valence-electron chi connectivity index (χ1n) is 41.7. The normalized spacial score (nSPS) is 12.2. The van der Waals surface area contributed by atoms with Crippen molar-refractivity contribution in [1.82, 2.24) is 18.3 Å². The van der Waals surface area contributed by atoms with E-state index in [1.807, 2.05) is 143 Å². The minimum atomic E-state index is -5.28. The number of aromatic nitrogens is 4. The van der Waals surface area contributed by atoms with Crippen LogP contribution in [0.2, 0.25) is 0 Å². The Morgan fingerprint density at radius 1 is 0.210 bits per heavy atom. The van der Waals surface area contributed by atoms with Crippen LogP contribution in [-0.2, 0) is 6.18 Å². The van der Waals surface area contributed by atoms with Crippen LogP contribution in [0.4, 0.5) is 57.1 Å². The summed E-state index contributed by atoms with van der Waals surface area (Å²) in [7, 11) is 0. The van der Waals surface area contributed by atoms with Gasteiger partial charge in [0.05, 0.1) is 78.0 Å². The molecule has 5 nitrogen and oxygen atoms in total. The zero-order valence-electron chi connectivity index (χ0n) is 76.5. The van der Waals surface area contributed by atoms with Gasteiger partial charge in [-0.15, -0.1) is 0 Å². The number of rotatable bonds is 6. The average molecular weight is 1690 g/mol. The van der Waals surface area contributed by atoms with E-state index in [0.717, 1.165) is 222 Å². The largest absolute Gasteiger partial charge is 0.420 e. The van der Waals surface area contributed by atoms with Crippen molar-refractivity contribution in [3.05, 3.63) is 272 Å². The van der Waals surface area contributed by atoms with E-state index in [-0.39, 0.29) is 22.5 Å². The SMILES string of the molecule is Cc1c(C)c(C)c2c(c1C)c1c(C)c(C)c(C)c(C)c1n2-c1ccc(-c2c(F)c(F)c(F)c(F)c2F)c(-n2c3c(C)c(C)c(C)c(C)c3c3c(C)c(C)c(C)c(C)c32)c1C#N.Cc1c(C)c(C)c2c(c1C)c1c(C)c(C)c(C)c(C)c1n2-c1ccc(-c2c(F)c(F)c(F)c(F)c2F)c(-n2c3c(C)c(C)c(C)c(C)c3c3c(C)c(C)c(C)c(C)c32)c1C(F)(F)F. The van der Waals surface area contributed by atoms with Crippen LogP contribution in [0.15, 0.2) is 24.3 Å². The van der Waals surface area contributed by atoms with Gasteiger partial charge in [-0.25, -0.2) is 43.9 Å². The summed E-state index contributed by atoms with van der Waals surface area (Å²) < 4.78 is 215. The van der Waals surface area contributed by atoms with E-state index in [4.69, 9.17) is 0 Å². The lowest BCUT2D eigenvalue weighted by Gasteiger charge is -2.27. The van der Waals surface area contributed by atoms with Gasteiger partial charge in [-0.1, -0.05) is 0 Å². The van der Waals surface area contributed by atoms with Crippen molar-refractivity contribution >= 4 is 87.2 Å². The Hall–Kier alpha value is -11.6. The molecule has 640 valence electrons. The Morgan fingerprint density at radius 2 is 0.379 bits per heavy atom. The van der Waals surface area contributed by atoms with Gasteiger partial charge in [-0.3, -0.25) is 0 Å². The third-order valence-corrected chi connectivity index (χ3v) is 30.6. The molecule has 16 rings (SSSR count). The summed E-state index contributed by atoms with van der Waals surface area (Å²) in [5.41, 5.74) is 29.1. The highest BCUT2D eigenvalue weighted by molar-refractivity contribution is 6.21. The van der Waals surface area contributed by atoms with Crippen LogP contribution in [0.5, 0.6) is 0 Å². The van der Waals surface area contributed by atoms with Crippen molar-refractivity contribution in [3.63, 3.8) is 0 Å². The number of benzene rings is 12. The summed E-state index contributed by atoms with van der Waals surface area (Å²) in [6.07, 6.45) is -5.28. The molecule has 0 N–H and O–H groups in total. The van der Waals surface area contributed by atoms with Crippen LogP contribution < -0.4 is 0 Å². The zero-order chi connectivity index (χ0) is 91.6. The molecule has 16 aromatic rings. The first-order valence-corrected chi connectivity index (χ1v) is 41.7. The van der Waals surface area contributed by atoms with Crippen LogP contribution >= 0.6 is 0 Å². The molecule has 4 aromatic heterocycles. The summed E-state index contributed by atoms with van der Waals surface area (Å²) >= 11 is 0. The van der Waals surface area contributed by atoms with E-state index in [1.54, 1.807) is 24.5 Å². The van der Waals surface area contributed by atoms with Crippen LogP contribution in [0.25, 0.3) is 132 Å². The van der Waals surface area contributed by atoms with Crippen molar-refractivity contribution in [2.45, 2.75) is 228 Å². The summed E-state index contributed by atoms with van der Waals surface area (Å²) in [6, 6.07) is 7.73. The highest BCUT2D eigenvalue weighted by Crippen LogP contribution is 2.56. The maximum atomic E-state index is 17.1. The maximum Gasteiger partial charge on any atom is 0.420 e. The van der Waals surface area contributed by atoms with Crippen LogP contribution in [-0.4, -0.2) is 18.3 Å². The van der Waals surface area contributed by atoms with Crippen molar-refractivity contribution in [2.24, 2.45) is 0 Å². The first-order chi connectivity index (χ1) is 57.8. The molecule has 0 unspecified atom stereocenters. The summed E-state index contributed by atoms with van der Waals surface area (Å²) in [5, 5.41) is 18.5. The smallest absolute Gasteiger partial charge is 0.308 e. The molecule has 124 heavy (non-hydrogen) atoms. The molecule has 0 aliphatic carbocycles. The number of hydrogen-bond donors (Lipinski definition) is 0. The lowest BCUT2D eigenvalue weighted by molar-refractivity contribution is -0.137. The van der Waals surface area contributed by atoms with Crippen LogP contribution in [0.3, 0.4) is 0 Å². The third kappa shape index (κ3) is 11.3. The summed E-state index contributed by atoms with van der Waals surface area (Å²) in [5.74, 6) is -21.7. The average Bonchev–Trinajstić information content (AvgIpc) is 1.52. The topological polar surface area (TPSA) is 43.5 Å². The molecular weight excluding hydrogens is 1590 g/mol. The second-order valence-electron chi connectivity index (χ2n) is 35.3. The van der Waals surface area contributed by atoms with Gasteiger partial charge >= 0.3 is 6.18 Å². The molecule has 0 radical (unpaired) electrons. The minimum absolute atomic E-state index is 0.0233. The molecule has 4 heterocycles. The molecule has 0 aliphatic heterocycles. The molecule has 0 saturated heterocycles. The molecule has 0 saturated carbocycles. The molecule has 0 bridgehead atoms. The van der Waals surface area contributed by atoms with E-state index in [2.05, 4.69) is 79.9 Å². The van der Waals surface area contributed by atoms with Crippen molar-refractivity contribution in [1.29, 1.82) is 5.26 Å². The molecule has 0 spiro atoms. The van der Waals surface area contributed by atoms with Crippen LogP contribution in [0.1, 0.15) is 189 Å². The van der Waals surface area contributed by atoms with Gasteiger partial charge in [0, 0.05) is 54.2 Å². The lowest BCUT2D eigenvalue weighted by Crippen LogP contribution is -2.18. The van der Waals surface area contributed by atoms with Gasteiger partial charge < -0.3 is 18.3 Å². The number of hydrogen-bond acceptors (Lipinski definition) is 1. The van der Waals surface area contributed by atoms with Gasteiger partial charge in [-0.05, 0) is 424 Å². The minimum Gasteiger partial charge on any atom is -0.308 e. The van der Waals surface area contributed by atoms with Crippen molar-refractivity contribution in [3.8, 4) is 51.1 Å². The summed E-state index contributed by atoms with van der Waals surface area (Å²) in [4.78, 5) is 0. The van der Waals surface area contributed by atoms with Crippen LogP contribution in [0, 0.1) is 291 Å². The molecule has 0 fully saturated rings. The fraction of sp³-hybridized carbons (Fsp3) is 0.311. The van der Waals surface area contributed by atoms with Gasteiger partial charge in [0.15, 0.2) is 46.5 Å². The number of fused-ring (bicyclic) bond motifs is 12. The highest BCUT2D eigenvalue weighted by Gasteiger charge is 2.44. The third-order valence-electron chi connectivity index (χ3n) is 30.6. The zero-order valence-corrected chi connectivity index (χ0v) is 76.5.